The third kappa shape index (κ3) is 7.20. The number of benzene rings is 3. The molecule has 1 unspecified atom stereocenters. The highest BCUT2D eigenvalue weighted by molar-refractivity contribution is 7.92. The van der Waals surface area contributed by atoms with Gasteiger partial charge in [-0.1, -0.05) is 29.3 Å². The number of carbonyl (C=O) groups excluding carboxylic acids is 2. The first-order valence-corrected chi connectivity index (χ1v) is 14.1. The molecule has 0 saturated carbocycles. The van der Waals surface area contributed by atoms with Gasteiger partial charge in [-0.3, -0.25) is 13.9 Å². The molecule has 0 aliphatic rings. The molecule has 0 heterocycles. The second-order valence-corrected chi connectivity index (χ2v) is 11.1. The van der Waals surface area contributed by atoms with E-state index in [0.717, 1.165) is 16.4 Å². The van der Waals surface area contributed by atoms with E-state index in [9.17, 15) is 22.4 Å². The van der Waals surface area contributed by atoms with Crippen LogP contribution in [0, 0.1) is 5.82 Å². The normalized spacial score (nSPS) is 11.9. The Bertz CT molecular complexity index is 1400. The Kier molecular flexibility index (Phi) is 10.2. The quantitative estimate of drug-likeness (QED) is 0.340. The van der Waals surface area contributed by atoms with Crippen LogP contribution in [0.5, 0.6) is 5.75 Å². The van der Waals surface area contributed by atoms with E-state index in [1.54, 1.807) is 25.1 Å². The van der Waals surface area contributed by atoms with Crippen molar-refractivity contribution in [3.63, 3.8) is 0 Å². The van der Waals surface area contributed by atoms with Gasteiger partial charge >= 0.3 is 0 Å². The Morgan fingerprint density at radius 3 is 2.13 bits per heavy atom. The van der Waals surface area contributed by atoms with Crippen LogP contribution in [0.25, 0.3) is 0 Å². The lowest BCUT2D eigenvalue weighted by atomic mass is 10.1. The number of halogens is 3. The van der Waals surface area contributed by atoms with Crippen molar-refractivity contribution in [3.8, 4) is 5.75 Å². The van der Waals surface area contributed by atoms with Crippen LogP contribution in [0.3, 0.4) is 0 Å². The number of nitrogens with one attached hydrogen (secondary N) is 1. The van der Waals surface area contributed by atoms with Crippen LogP contribution in [-0.4, -0.2) is 51.4 Å². The molecule has 0 bridgehead atoms. The van der Waals surface area contributed by atoms with Gasteiger partial charge in [0, 0.05) is 28.7 Å². The van der Waals surface area contributed by atoms with Crippen LogP contribution in [-0.2, 0) is 26.2 Å². The lowest BCUT2D eigenvalue weighted by Gasteiger charge is -2.32. The van der Waals surface area contributed by atoms with Crippen molar-refractivity contribution >= 4 is 50.7 Å². The first-order chi connectivity index (χ1) is 18.5. The fourth-order valence-corrected chi connectivity index (χ4v) is 5.70. The van der Waals surface area contributed by atoms with Crippen LogP contribution in [0.1, 0.15) is 19.4 Å². The Hall–Kier alpha value is -3.34. The Labute approximate surface area is 237 Å². The summed E-state index contributed by atoms with van der Waals surface area (Å²) in [7, 11) is -2.86. The van der Waals surface area contributed by atoms with Gasteiger partial charge in [-0.15, -0.1) is 0 Å². The zero-order valence-electron chi connectivity index (χ0n) is 21.5. The molecular formula is C27H28Cl2FN3O5S. The molecular weight excluding hydrogens is 568 g/mol. The highest BCUT2D eigenvalue weighted by atomic mass is 35.5. The van der Waals surface area contributed by atoms with Gasteiger partial charge in [0.05, 0.1) is 17.7 Å². The third-order valence-corrected chi connectivity index (χ3v) is 8.45. The average Bonchev–Trinajstić information content (AvgIpc) is 2.92. The average molecular weight is 597 g/mol. The smallest absolute Gasteiger partial charge is 0.264 e. The summed E-state index contributed by atoms with van der Waals surface area (Å²) in [5.74, 6) is -1.28. The number of carbonyl (C=O) groups is 2. The third-order valence-electron chi connectivity index (χ3n) is 5.95. The summed E-state index contributed by atoms with van der Waals surface area (Å²) in [5, 5.41) is 3.23. The van der Waals surface area contributed by atoms with Gasteiger partial charge in [-0.2, -0.15) is 0 Å². The van der Waals surface area contributed by atoms with Crippen molar-refractivity contribution in [3.05, 3.63) is 88.2 Å². The van der Waals surface area contributed by atoms with E-state index in [4.69, 9.17) is 27.9 Å². The zero-order chi connectivity index (χ0) is 28.7. The first-order valence-electron chi connectivity index (χ1n) is 11.9. The van der Waals surface area contributed by atoms with Crippen LogP contribution in [0.2, 0.25) is 10.0 Å². The van der Waals surface area contributed by atoms with Gasteiger partial charge in [0.15, 0.2) is 0 Å². The van der Waals surface area contributed by atoms with E-state index in [1.807, 2.05) is 0 Å². The topological polar surface area (TPSA) is 96.0 Å². The molecule has 0 aliphatic carbocycles. The van der Waals surface area contributed by atoms with E-state index < -0.39 is 40.2 Å². The second kappa shape index (κ2) is 13.1. The minimum atomic E-state index is -4.31. The highest BCUT2D eigenvalue weighted by Gasteiger charge is 2.33. The van der Waals surface area contributed by atoms with E-state index in [-0.39, 0.29) is 27.2 Å². The number of ether oxygens (including phenoxy) is 1. The predicted octanol–water partition coefficient (Wildman–Crippen LogP) is 4.89. The first kappa shape index (κ1) is 30.2. The molecule has 8 nitrogen and oxygen atoms in total. The van der Waals surface area contributed by atoms with Gasteiger partial charge in [-0.05, 0) is 74.5 Å². The molecule has 0 fully saturated rings. The van der Waals surface area contributed by atoms with Crippen LogP contribution >= 0.6 is 23.2 Å². The molecule has 39 heavy (non-hydrogen) atoms. The molecule has 1 N–H and O–H groups in total. The van der Waals surface area contributed by atoms with E-state index in [0.29, 0.717) is 17.9 Å². The van der Waals surface area contributed by atoms with Crippen molar-refractivity contribution in [1.82, 2.24) is 10.2 Å². The Balaban J connectivity index is 2.06. The molecule has 0 radical (unpaired) electrons. The molecule has 3 rings (SSSR count). The fourth-order valence-electron chi connectivity index (χ4n) is 3.77. The fraction of sp³-hybridized carbons (Fsp3) is 0.259. The van der Waals surface area contributed by atoms with E-state index in [1.165, 1.54) is 55.3 Å². The maximum atomic E-state index is 13.8. The van der Waals surface area contributed by atoms with E-state index >= 15 is 0 Å². The summed E-state index contributed by atoms with van der Waals surface area (Å²) in [6.45, 7) is 2.74. The van der Waals surface area contributed by atoms with Gasteiger partial charge < -0.3 is 15.0 Å². The number of hydrogen-bond acceptors (Lipinski definition) is 5. The van der Waals surface area contributed by atoms with Gasteiger partial charge in [-0.25, -0.2) is 12.8 Å². The van der Waals surface area contributed by atoms with Crippen molar-refractivity contribution in [1.29, 1.82) is 0 Å². The summed E-state index contributed by atoms with van der Waals surface area (Å²) < 4.78 is 47.2. The second-order valence-electron chi connectivity index (χ2n) is 8.46. The number of hydrogen-bond donors (Lipinski definition) is 1. The molecule has 2 amide bonds. The summed E-state index contributed by atoms with van der Waals surface area (Å²) in [6, 6.07) is 14.2. The maximum Gasteiger partial charge on any atom is 0.264 e. The van der Waals surface area contributed by atoms with Gasteiger partial charge in [0.1, 0.15) is 24.2 Å². The summed E-state index contributed by atoms with van der Waals surface area (Å²) >= 11 is 12.7. The largest absolute Gasteiger partial charge is 0.497 e. The standard InChI is InChI=1S/C27H28Cl2FN3O5S/c1-4-31-27(35)18(2)32(16-23-24(28)6-5-7-25(23)29)26(34)17-33(20-10-8-19(30)9-11-20)39(36,37)22-14-12-21(38-3)13-15-22/h5-15,18H,4,16-17H2,1-3H3,(H,31,35). The number of sulfonamides is 1. The molecule has 0 spiro atoms. The number of amides is 2. The van der Waals surface area contributed by atoms with Crippen LogP contribution in [0.15, 0.2) is 71.6 Å². The number of rotatable bonds is 11. The molecule has 0 aliphatic heterocycles. The molecule has 0 aromatic heterocycles. The summed E-state index contributed by atoms with van der Waals surface area (Å²) in [6.07, 6.45) is 0. The van der Waals surface area contributed by atoms with Gasteiger partial charge in [0.2, 0.25) is 11.8 Å². The molecule has 0 saturated heterocycles. The van der Waals surface area contributed by atoms with Crippen molar-refractivity contribution < 1.29 is 27.1 Å². The van der Waals surface area contributed by atoms with E-state index in [2.05, 4.69) is 5.32 Å². The molecule has 12 heteroatoms. The number of nitrogens with zero attached hydrogens (tertiary/aromatic N) is 2. The molecule has 3 aromatic carbocycles. The Morgan fingerprint density at radius 2 is 1.59 bits per heavy atom. The maximum absolute atomic E-state index is 13.8. The number of anilines is 1. The molecule has 1 atom stereocenters. The monoisotopic (exact) mass is 595 g/mol. The van der Waals surface area contributed by atoms with Crippen LogP contribution in [0.4, 0.5) is 10.1 Å². The number of methoxy groups -OCH3 is 1. The highest BCUT2D eigenvalue weighted by Crippen LogP contribution is 2.29. The van der Waals surface area contributed by atoms with Crippen molar-refractivity contribution in [2.45, 2.75) is 31.3 Å². The molecule has 3 aromatic rings. The lowest BCUT2D eigenvalue weighted by molar-refractivity contribution is -0.139. The summed E-state index contributed by atoms with van der Waals surface area (Å²) in [5.41, 5.74) is 0.457. The SMILES string of the molecule is CCNC(=O)C(C)N(Cc1c(Cl)cccc1Cl)C(=O)CN(c1ccc(F)cc1)S(=O)(=O)c1ccc(OC)cc1. The summed E-state index contributed by atoms with van der Waals surface area (Å²) in [4.78, 5) is 27.7. The minimum absolute atomic E-state index is 0.0574. The minimum Gasteiger partial charge on any atom is -0.497 e. The van der Waals surface area contributed by atoms with Crippen molar-refractivity contribution in [2.75, 3.05) is 24.5 Å². The van der Waals surface area contributed by atoms with Gasteiger partial charge in [0.25, 0.3) is 10.0 Å². The molecule has 208 valence electrons. The lowest BCUT2D eigenvalue weighted by Crippen LogP contribution is -2.51. The Morgan fingerprint density at radius 1 is 1.00 bits per heavy atom. The number of likely N-dealkylation sites (N-methyl/N-ethyl adjacent to an activating group) is 1. The predicted molar refractivity (Wildman–Crippen MR) is 149 cm³/mol. The zero-order valence-corrected chi connectivity index (χ0v) is 23.9. The van der Waals surface area contributed by atoms with Crippen LogP contribution < -0.4 is 14.4 Å². The van der Waals surface area contributed by atoms with Crippen molar-refractivity contribution in [2.24, 2.45) is 0 Å².